The van der Waals surface area contributed by atoms with Crippen LogP contribution in [0.4, 0.5) is 4.39 Å². The molecule has 112 valence electrons. The molecule has 1 aliphatic carbocycles. The van der Waals surface area contributed by atoms with Gasteiger partial charge >= 0.3 is 0 Å². The number of halogens is 1. The minimum absolute atomic E-state index is 0.0519. The summed E-state index contributed by atoms with van der Waals surface area (Å²) in [6.45, 7) is 3.49. The zero-order valence-corrected chi connectivity index (χ0v) is 12.3. The van der Waals surface area contributed by atoms with Crippen LogP contribution in [0.5, 0.6) is 0 Å². The van der Waals surface area contributed by atoms with Crippen molar-refractivity contribution in [3.05, 3.63) is 47.5 Å². The summed E-state index contributed by atoms with van der Waals surface area (Å²) in [7, 11) is 0. The maximum Gasteiger partial charge on any atom is 0.123 e. The van der Waals surface area contributed by atoms with Crippen molar-refractivity contribution < 1.29 is 4.39 Å². The van der Waals surface area contributed by atoms with Crippen molar-refractivity contribution in [2.75, 3.05) is 0 Å². The molecular weight excluding hydrogens is 267 g/mol. The van der Waals surface area contributed by atoms with Crippen molar-refractivity contribution in [1.29, 1.82) is 0 Å². The zero-order valence-electron chi connectivity index (χ0n) is 12.3. The first-order chi connectivity index (χ1) is 10.2. The van der Waals surface area contributed by atoms with E-state index in [-0.39, 0.29) is 11.4 Å². The van der Waals surface area contributed by atoms with Crippen molar-refractivity contribution in [3.8, 4) is 0 Å². The molecule has 0 radical (unpaired) electrons. The van der Waals surface area contributed by atoms with E-state index in [1.807, 2.05) is 25.3 Å². The number of hydrogen-bond acceptors (Lipinski definition) is 3. The smallest absolute Gasteiger partial charge is 0.123 e. The molecule has 1 N–H and O–H groups in total. The molecule has 1 aromatic heterocycles. The van der Waals surface area contributed by atoms with Crippen LogP contribution in [0.25, 0.3) is 0 Å². The van der Waals surface area contributed by atoms with Crippen LogP contribution >= 0.6 is 0 Å². The van der Waals surface area contributed by atoms with Crippen molar-refractivity contribution in [1.82, 2.24) is 20.3 Å². The van der Waals surface area contributed by atoms with E-state index in [9.17, 15) is 4.39 Å². The van der Waals surface area contributed by atoms with E-state index in [0.29, 0.717) is 6.54 Å². The van der Waals surface area contributed by atoms with Gasteiger partial charge in [-0.15, -0.1) is 0 Å². The van der Waals surface area contributed by atoms with E-state index < -0.39 is 0 Å². The second-order valence-electron chi connectivity index (χ2n) is 5.67. The van der Waals surface area contributed by atoms with Crippen molar-refractivity contribution >= 4 is 0 Å². The third-order valence-electron chi connectivity index (χ3n) is 4.33. The molecule has 1 saturated carbocycles. The molecule has 0 amide bonds. The molecule has 0 aliphatic heterocycles. The second-order valence-corrected chi connectivity index (χ2v) is 5.67. The molecule has 1 aromatic carbocycles. The highest BCUT2D eigenvalue weighted by molar-refractivity contribution is 5.26. The second kappa shape index (κ2) is 5.93. The molecule has 0 atom stereocenters. The van der Waals surface area contributed by atoms with Gasteiger partial charge in [-0.2, -0.15) is 15.0 Å². The first-order valence-corrected chi connectivity index (χ1v) is 7.62. The highest BCUT2D eigenvalue weighted by Gasteiger charge is 2.35. The minimum Gasteiger partial charge on any atom is -0.302 e. The molecule has 0 bridgehead atoms. The molecule has 0 saturated heterocycles. The van der Waals surface area contributed by atoms with Crippen molar-refractivity contribution in [3.63, 3.8) is 0 Å². The van der Waals surface area contributed by atoms with Crippen LogP contribution in [0.2, 0.25) is 0 Å². The summed E-state index contributed by atoms with van der Waals surface area (Å²) in [5.74, 6) is -0.183. The fourth-order valence-electron chi connectivity index (χ4n) is 3.14. The number of aromatic nitrogens is 3. The molecule has 3 rings (SSSR count). The maximum absolute atomic E-state index is 13.1. The van der Waals surface area contributed by atoms with Gasteiger partial charge in [0.1, 0.15) is 5.82 Å². The predicted octanol–water partition coefficient (Wildman–Crippen LogP) is 3.00. The van der Waals surface area contributed by atoms with Gasteiger partial charge in [0.2, 0.25) is 0 Å². The lowest BCUT2D eigenvalue weighted by Crippen LogP contribution is -2.39. The van der Waals surface area contributed by atoms with Gasteiger partial charge in [-0.05, 0) is 37.5 Å². The summed E-state index contributed by atoms with van der Waals surface area (Å²) in [6, 6.07) is 6.89. The topological polar surface area (TPSA) is 42.7 Å². The zero-order chi connectivity index (χ0) is 14.7. The molecule has 1 heterocycles. The summed E-state index contributed by atoms with van der Waals surface area (Å²) in [4.78, 5) is 1.69. The Kier molecular flexibility index (Phi) is 4.01. The number of hydrogen-bond donors (Lipinski definition) is 1. The normalized spacial score (nSPS) is 17.2. The fraction of sp³-hybridized carbons (Fsp3) is 0.500. The Morgan fingerprint density at radius 2 is 1.95 bits per heavy atom. The van der Waals surface area contributed by atoms with Crippen LogP contribution in [-0.2, 0) is 18.6 Å². The molecule has 4 nitrogen and oxygen atoms in total. The van der Waals surface area contributed by atoms with Crippen molar-refractivity contribution in [2.45, 2.75) is 51.2 Å². The summed E-state index contributed by atoms with van der Waals surface area (Å²) < 4.78 is 13.1. The van der Waals surface area contributed by atoms with E-state index in [4.69, 9.17) is 0 Å². The fourth-order valence-corrected chi connectivity index (χ4v) is 3.14. The van der Waals surface area contributed by atoms with Gasteiger partial charge in [-0.3, -0.25) is 0 Å². The Bertz CT molecular complexity index is 585. The van der Waals surface area contributed by atoms with Crippen LogP contribution in [-0.4, -0.2) is 15.0 Å². The largest absolute Gasteiger partial charge is 0.302 e. The number of nitrogens with zero attached hydrogens (tertiary/aromatic N) is 3. The Morgan fingerprint density at radius 3 is 2.57 bits per heavy atom. The highest BCUT2D eigenvalue weighted by atomic mass is 19.1. The van der Waals surface area contributed by atoms with Gasteiger partial charge in [0.25, 0.3) is 0 Å². The molecule has 1 aliphatic rings. The van der Waals surface area contributed by atoms with Gasteiger partial charge < -0.3 is 5.32 Å². The van der Waals surface area contributed by atoms with Crippen LogP contribution in [0, 0.1) is 5.82 Å². The van der Waals surface area contributed by atoms with Gasteiger partial charge in [0.05, 0.1) is 18.4 Å². The average molecular weight is 288 g/mol. The third-order valence-corrected chi connectivity index (χ3v) is 4.33. The Hall–Kier alpha value is -1.75. The van der Waals surface area contributed by atoms with E-state index in [1.54, 1.807) is 16.9 Å². The van der Waals surface area contributed by atoms with E-state index in [0.717, 1.165) is 25.1 Å². The first kappa shape index (κ1) is 14.2. The summed E-state index contributed by atoms with van der Waals surface area (Å²) in [6.07, 6.45) is 6.38. The van der Waals surface area contributed by atoms with Crippen LogP contribution in [0.15, 0.2) is 30.5 Å². The van der Waals surface area contributed by atoms with Crippen LogP contribution in [0.1, 0.15) is 43.9 Å². The van der Waals surface area contributed by atoms with E-state index in [1.165, 1.54) is 18.4 Å². The summed E-state index contributed by atoms with van der Waals surface area (Å²) in [5, 5.41) is 12.3. The Labute approximate surface area is 124 Å². The SMILES string of the molecule is CCn1ncc(CNC2(c3ccc(F)cc3)CCCC2)n1. The molecule has 2 aromatic rings. The predicted molar refractivity (Wildman–Crippen MR) is 79.1 cm³/mol. The number of nitrogens with one attached hydrogen (secondary N) is 1. The van der Waals surface area contributed by atoms with Gasteiger partial charge in [0.15, 0.2) is 0 Å². The first-order valence-electron chi connectivity index (χ1n) is 7.62. The van der Waals surface area contributed by atoms with Gasteiger partial charge in [0, 0.05) is 12.1 Å². The van der Waals surface area contributed by atoms with Crippen molar-refractivity contribution in [2.24, 2.45) is 0 Å². The van der Waals surface area contributed by atoms with E-state index in [2.05, 4.69) is 15.5 Å². The van der Waals surface area contributed by atoms with Gasteiger partial charge in [-0.1, -0.05) is 25.0 Å². The summed E-state index contributed by atoms with van der Waals surface area (Å²) >= 11 is 0. The monoisotopic (exact) mass is 288 g/mol. The molecule has 5 heteroatoms. The highest BCUT2D eigenvalue weighted by Crippen LogP contribution is 2.38. The molecule has 21 heavy (non-hydrogen) atoms. The van der Waals surface area contributed by atoms with Gasteiger partial charge in [-0.25, -0.2) is 4.39 Å². The number of benzene rings is 1. The van der Waals surface area contributed by atoms with E-state index >= 15 is 0 Å². The maximum atomic E-state index is 13.1. The Morgan fingerprint density at radius 1 is 1.24 bits per heavy atom. The summed E-state index contributed by atoms with van der Waals surface area (Å²) in [5.41, 5.74) is 2.07. The lowest BCUT2D eigenvalue weighted by Gasteiger charge is -2.31. The van der Waals surface area contributed by atoms with Crippen LogP contribution < -0.4 is 5.32 Å². The molecular formula is C16H21FN4. The number of aryl methyl sites for hydroxylation is 1. The average Bonchev–Trinajstić information content (AvgIpc) is 3.16. The number of rotatable bonds is 5. The lowest BCUT2D eigenvalue weighted by atomic mass is 9.88. The molecule has 1 fully saturated rings. The Balaban J connectivity index is 1.76. The lowest BCUT2D eigenvalue weighted by molar-refractivity contribution is 0.335. The third kappa shape index (κ3) is 2.97. The standard InChI is InChI=1S/C16H21FN4/c1-2-21-19-12-15(20-21)11-18-16(9-3-4-10-16)13-5-7-14(17)8-6-13/h5-8,12,18H,2-4,9-11H2,1H3. The quantitative estimate of drug-likeness (QED) is 0.919. The minimum atomic E-state index is -0.183. The van der Waals surface area contributed by atoms with Crippen LogP contribution in [0.3, 0.4) is 0 Å². The molecule has 0 spiro atoms. The molecule has 0 unspecified atom stereocenters.